The minimum Gasteiger partial charge on any atom is -0.368 e. The van der Waals surface area contributed by atoms with Crippen LogP contribution in [0.3, 0.4) is 0 Å². The molecule has 1 aliphatic heterocycles. The van der Waals surface area contributed by atoms with Gasteiger partial charge in [0, 0.05) is 44.0 Å². The fourth-order valence-corrected chi connectivity index (χ4v) is 3.46. The van der Waals surface area contributed by atoms with E-state index in [9.17, 15) is 24.1 Å². The first-order valence-corrected chi connectivity index (χ1v) is 9.03. The predicted molar refractivity (Wildman–Crippen MR) is 106 cm³/mol. The highest BCUT2D eigenvalue weighted by atomic mass is 19.1. The maximum atomic E-state index is 13.3. The quantitative estimate of drug-likeness (QED) is 0.542. The number of rotatable bonds is 3. The van der Waals surface area contributed by atoms with E-state index in [0.29, 0.717) is 37.1 Å². The number of non-ortho nitro benzene ring substituents is 1. The van der Waals surface area contributed by atoms with Crippen LogP contribution in [0.4, 0.5) is 15.8 Å². The molecular formula is C20H17FN4O4. The molecule has 1 amide bonds. The molecule has 148 valence electrons. The monoisotopic (exact) mass is 396 g/mol. The van der Waals surface area contributed by atoms with Gasteiger partial charge in [-0.3, -0.25) is 19.7 Å². The molecule has 1 fully saturated rings. The van der Waals surface area contributed by atoms with Crippen LogP contribution < -0.4 is 10.5 Å². The second kappa shape index (κ2) is 7.34. The third kappa shape index (κ3) is 3.66. The van der Waals surface area contributed by atoms with Crippen molar-refractivity contribution in [1.82, 2.24) is 9.88 Å². The van der Waals surface area contributed by atoms with Crippen molar-refractivity contribution in [3.05, 3.63) is 80.4 Å². The standard InChI is InChI=1S/C20H17FN4O4/c21-14-2-1-13-11-17(19(26)22-18(13)12-14)20(27)24-9-7-23(8-10-24)15-3-5-16(6-4-15)25(28)29/h1-6,11-12H,7-10H2,(H,22,26). The number of piperazine rings is 1. The number of halogens is 1. The van der Waals surface area contributed by atoms with Crippen LogP contribution in [0, 0.1) is 15.9 Å². The highest BCUT2D eigenvalue weighted by molar-refractivity contribution is 5.97. The lowest BCUT2D eigenvalue weighted by atomic mass is 10.1. The van der Waals surface area contributed by atoms with Crippen LogP contribution in [0.5, 0.6) is 0 Å². The van der Waals surface area contributed by atoms with Gasteiger partial charge in [-0.25, -0.2) is 4.39 Å². The number of benzene rings is 2. The van der Waals surface area contributed by atoms with E-state index in [0.717, 1.165) is 5.69 Å². The third-order valence-electron chi connectivity index (χ3n) is 5.03. The van der Waals surface area contributed by atoms with Crippen molar-refractivity contribution < 1.29 is 14.1 Å². The number of nitro benzene ring substituents is 1. The first-order valence-electron chi connectivity index (χ1n) is 9.03. The number of H-pyrrole nitrogens is 1. The molecule has 8 nitrogen and oxygen atoms in total. The van der Waals surface area contributed by atoms with Gasteiger partial charge in [-0.05, 0) is 41.8 Å². The maximum Gasteiger partial charge on any atom is 0.269 e. The molecule has 3 aromatic rings. The number of pyridine rings is 1. The van der Waals surface area contributed by atoms with Gasteiger partial charge in [-0.2, -0.15) is 0 Å². The Morgan fingerprint density at radius 3 is 2.38 bits per heavy atom. The topological polar surface area (TPSA) is 99.6 Å². The summed E-state index contributed by atoms with van der Waals surface area (Å²) in [6.07, 6.45) is 0. The van der Waals surface area contributed by atoms with E-state index in [2.05, 4.69) is 4.98 Å². The number of fused-ring (bicyclic) bond motifs is 1. The van der Waals surface area contributed by atoms with E-state index in [1.165, 1.54) is 36.4 Å². The molecule has 0 unspecified atom stereocenters. The van der Waals surface area contributed by atoms with Gasteiger partial charge < -0.3 is 14.8 Å². The first-order chi connectivity index (χ1) is 13.9. The van der Waals surface area contributed by atoms with Gasteiger partial charge in [-0.15, -0.1) is 0 Å². The summed E-state index contributed by atoms with van der Waals surface area (Å²) in [4.78, 5) is 41.6. The molecule has 2 aromatic carbocycles. The highest BCUT2D eigenvalue weighted by Gasteiger charge is 2.24. The van der Waals surface area contributed by atoms with E-state index in [-0.39, 0.29) is 17.2 Å². The zero-order chi connectivity index (χ0) is 20.5. The average molecular weight is 396 g/mol. The van der Waals surface area contributed by atoms with Crippen molar-refractivity contribution in [2.24, 2.45) is 0 Å². The zero-order valence-corrected chi connectivity index (χ0v) is 15.3. The van der Waals surface area contributed by atoms with Crippen LogP contribution in [0.1, 0.15) is 10.4 Å². The summed E-state index contributed by atoms with van der Waals surface area (Å²) in [6, 6.07) is 11.8. The molecule has 1 N–H and O–H groups in total. The van der Waals surface area contributed by atoms with Crippen molar-refractivity contribution in [2.45, 2.75) is 0 Å². The molecule has 0 aliphatic carbocycles. The third-order valence-corrected chi connectivity index (χ3v) is 5.03. The number of aromatic nitrogens is 1. The number of aromatic amines is 1. The van der Waals surface area contributed by atoms with E-state index in [1.54, 1.807) is 17.0 Å². The maximum absolute atomic E-state index is 13.3. The molecule has 4 rings (SSSR count). The Labute approximate surface area is 164 Å². The average Bonchev–Trinajstić information content (AvgIpc) is 2.73. The number of nitrogens with one attached hydrogen (secondary N) is 1. The number of hydrogen-bond donors (Lipinski definition) is 1. The number of nitro groups is 1. The Morgan fingerprint density at radius 2 is 1.72 bits per heavy atom. The Hall–Kier alpha value is -3.75. The number of anilines is 1. The molecule has 0 bridgehead atoms. The summed E-state index contributed by atoms with van der Waals surface area (Å²) in [6.45, 7) is 1.91. The van der Waals surface area contributed by atoms with E-state index in [1.807, 2.05) is 4.90 Å². The van der Waals surface area contributed by atoms with Gasteiger partial charge in [0.1, 0.15) is 11.4 Å². The van der Waals surface area contributed by atoms with Crippen LogP contribution in [-0.4, -0.2) is 46.9 Å². The summed E-state index contributed by atoms with van der Waals surface area (Å²) in [5.74, 6) is -0.838. The molecule has 1 aliphatic rings. The van der Waals surface area contributed by atoms with Crippen molar-refractivity contribution in [1.29, 1.82) is 0 Å². The van der Waals surface area contributed by atoms with Crippen LogP contribution in [-0.2, 0) is 0 Å². The predicted octanol–water partition coefficient (Wildman–Crippen LogP) is 2.54. The molecule has 1 aromatic heterocycles. The number of amides is 1. The van der Waals surface area contributed by atoms with Gasteiger partial charge >= 0.3 is 0 Å². The largest absolute Gasteiger partial charge is 0.368 e. The van der Waals surface area contributed by atoms with Gasteiger partial charge in [0.15, 0.2) is 0 Å². The minimum absolute atomic E-state index is 0.0212. The van der Waals surface area contributed by atoms with Crippen molar-refractivity contribution in [3.8, 4) is 0 Å². The number of carbonyl (C=O) groups excluding carboxylic acids is 1. The lowest BCUT2D eigenvalue weighted by Gasteiger charge is -2.36. The van der Waals surface area contributed by atoms with E-state index >= 15 is 0 Å². The van der Waals surface area contributed by atoms with Crippen LogP contribution in [0.25, 0.3) is 10.9 Å². The SMILES string of the molecule is O=C(c1cc2ccc(F)cc2[nH]c1=O)N1CCN(c2ccc([N+](=O)[O-])cc2)CC1. The summed E-state index contributed by atoms with van der Waals surface area (Å²) in [5, 5.41) is 11.4. The second-order valence-corrected chi connectivity index (χ2v) is 6.80. The van der Waals surface area contributed by atoms with Gasteiger partial charge in [0.2, 0.25) is 0 Å². The molecule has 0 saturated carbocycles. The number of hydrogen-bond acceptors (Lipinski definition) is 5. The summed E-state index contributed by atoms with van der Waals surface area (Å²) in [5.41, 5.74) is 0.680. The summed E-state index contributed by atoms with van der Waals surface area (Å²) >= 11 is 0. The fourth-order valence-electron chi connectivity index (χ4n) is 3.46. The van der Waals surface area contributed by atoms with Crippen molar-refractivity contribution in [2.75, 3.05) is 31.1 Å². The molecular weight excluding hydrogens is 379 g/mol. The van der Waals surface area contributed by atoms with Crippen LogP contribution in [0.15, 0.2) is 53.3 Å². The smallest absolute Gasteiger partial charge is 0.269 e. The van der Waals surface area contributed by atoms with Crippen LogP contribution >= 0.6 is 0 Å². The lowest BCUT2D eigenvalue weighted by Crippen LogP contribution is -2.49. The minimum atomic E-state index is -0.550. The molecule has 0 atom stereocenters. The van der Waals surface area contributed by atoms with Gasteiger partial charge in [0.05, 0.1) is 10.4 Å². The van der Waals surface area contributed by atoms with Crippen LogP contribution in [0.2, 0.25) is 0 Å². The Bertz CT molecular complexity index is 1150. The van der Waals surface area contributed by atoms with E-state index in [4.69, 9.17) is 0 Å². The Balaban J connectivity index is 1.48. The second-order valence-electron chi connectivity index (χ2n) is 6.80. The highest BCUT2D eigenvalue weighted by Crippen LogP contribution is 2.21. The van der Waals surface area contributed by atoms with Gasteiger partial charge in [-0.1, -0.05) is 0 Å². The molecule has 1 saturated heterocycles. The molecule has 29 heavy (non-hydrogen) atoms. The van der Waals surface area contributed by atoms with Crippen molar-refractivity contribution >= 4 is 28.2 Å². The zero-order valence-electron chi connectivity index (χ0n) is 15.3. The summed E-state index contributed by atoms with van der Waals surface area (Å²) < 4.78 is 13.3. The molecule has 0 spiro atoms. The lowest BCUT2D eigenvalue weighted by molar-refractivity contribution is -0.384. The number of carbonyl (C=O) groups is 1. The Morgan fingerprint density at radius 1 is 1.03 bits per heavy atom. The molecule has 0 radical (unpaired) electrons. The first kappa shape index (κ1) is 18.6. The Kier molecular flexibility index (Phi) is 4.71. The molecule has 2 heterocycles. The van der Waals surface area contributed by atoms with E-state index < -0.39 is 16.3 Å². The normalized spacial score (nSPS) is 14.2. The fraction of sp³-hybridized carbons (Fsp3) is 0.200. The summed E-state index contributed by atoms with van der Waals surface area (Å²) in [7, 11) is 0. The van der Waals surface area contributed by atoms with Crippen molar-refractivity contribution in [3.63, 3.8) is 0 Å². The number of nitrogens with zero attached hydrogens (tertiary/aromatic N) is 3. The van der Waals surface area contributed by atoms with Gasteiger partial charge in [0.25, 0.3) is 17.2 Å². The molecule has 9 heteroatoms.